The summed E-state index contributed by atoms with van der Waals surface area (Å²) in [4.78, 5) is 11.1. The highest BCUT2D eigenvalue weighted by Gasteiger charge is 2.39. The van der Waals surface area contributed by atoms with Crippen molar-refractivity contribution in [2.75, 3.05) is 6.61 Å². The maximum Gasteiger partial charge on any atom is 0.320 e. The van der Waals surface area contributed by atoms with E-state index in [9.17, 15) is 13.6 Å². The lowest BCUT2D eigenvalue weighted by Crippen LogP contribution is -2.19. The Bertz CT molecular complexity index is 578. The van der Waals surface area contributed by atoms with Crippen molar-refractivity contribution in [3.05, 3.63) is 19.1 Å². The highest BCUT2D eigenvalue weighted by atomic mass is 127. The molecule has 0 spiro atoms. The molecule has 0 saturated heterocycles. The van der Waals surface area contributed by atoms with Gasteiger partial charge in [-0.25, -0.2) is 0 Å². The van der Waals surface area contributed by atoms with Crippen molar-refractivity contribution < 1.29 is 18.3 Å². The van der Waals surface area contributed by atoms with Crippen molar-refractivity contribution in [3.63, 3.8) is 0 Å². The Hall–Kier alpha value is 1.84. The van der Waals surface area contributed by atoms with Crippen molar-refractivity contribution in [2.24, 2.45) is 0 Å². The minimum Gasteiger partial charge on any atom is -0.491 e. The quantitative estimate of drug-likeness (QED) is 0.129. The summed E-state index contributed by atoms with van der Waals surface area (Å²) in [6.07, 6.45) is 0.161. The number of hydrogen-bond donors (Lipinski definition) is 0. The fraction of sp³-hybridized carbons (Fsp3) is 0.364. The van der Waals surface area contributed by atoms with Crippen molar-refractivity contribution in [2.45, 2.75) is 20.3 Å². The zero-order chi connectivity index (χ0) is 17.1. The average molecular weight is 722 g/mol. The third-order valence-corrected chi connectivity index (χ3v) is 7.81. The number of benzene rings is 1. The first-order valence-corrected chi connectivity index (χ1v) is 11.1. The molecule has 2 nitrogen and oxygen atoms in total. The van der Waals surface area contributed by atoms with Crippen LogP contribution in [0.15, 0.2) is 15.4 Å². The Kier molecular flexibility index (Phi) is 9.46. The second-order valence-corrected chi connectivity index (χ2v) is 11.2. The number of carbonyl (C=O) groups excluding carboxylic acids is 1. The molecule has 0 atom stereocenters. The smallest absolute Gasteiger partial charge is 0.320 e. The van der Waals surface area contributed by atoms with Gasteiger partial charge in [0.2, 0.25) is 4.69 Å². The fourth-order valence-corrected chi connectivity index (χ4v) is 5.21. The molecule has 1 aromatic carbocycles. The summed E-state index contributed by atoms with van der Waals surface area (Å²) < 4.78 is 32.9. The molecule has 0 N–H and O–H groups in total. The van der Waals surface area contributed by atoms with Crippen LogP contribution in [0.25, 0.3) is 0 Å². The molecule has 0 aromatic heterocycles. The monoisotopic (exact) mass is 718 g/mol. The zero-order valence-corrected chi connectivity index (χ0v) is 20.4. The average Bonchev–Trinajstić information content (AvgIpc) is 2.38. The molecule has 0 aliphatic rings. The van der Waals surface area contributed by atoms with Crippen molar-refractivity contribution >= 4 is 114 Å². The summed E-state index contributed by atoms with van der Waals surface area (Å²) in [6, 6.07) is 1.49. The highest BCUT2D eigenvalue weighted by molar-refractivity contribution is 14.1. The largest absolute Gasteiger partial charge is 0.491 e. The van der Waals surface area contributed by atoms with Crippen LogP contribution >= 0.6 is 110 Å². The van der Waals surface area contributed by atoms with Gasteiger partial charge in [0.1, 0.15) is 9.49 Å². The maximum absolute atomic E-state index is 13.9. The number of hydrogen-bond acceptors (Lipinski definition) is 3. The second kappa shape index (κ2) is 9.51. The van der Waals surface area contributed by atoms with E-state index in [4.69, 9.17) is 16.3 Å². The van der Waals surface area contributed by atoms with E-state index < -0.39 is 8.99 Å². The van der Waals surface area contributed by atoms with E-state index in [0.29, 0.717) is 25.6 Å². The first-order chi connectivity index (χ1) is 10.1. The molecule has 0 unspecified atom stereocenters. The van der Waals surface area contributed by atoms with Gasteiger partial charge in [0.05, 0.1) is 26.1 Å². The van der Waals surface area contributed by atoms with Crippen LogP contribution in [0.1, 0.15) is 6.42 Å². The van der Waals surface area contributed by atoms with E-state index in [-0.39, 0.29) is 27.6 Å². The Balaban J connectivity index is 3.11. The van der Waals surface area contributed by atoms with Gasteiger partial charge in [-0.1, -0.05) is 43.5 Å². The van der Waals surface area contributed by atoms with E-state index in [1.807, 2.05) is 22.6 Å². The molecule has 0 bridgehead atoms. The third-order valence-electron chi connectivity index (χ3n) is 2.12. The van der Waals surface area contributed by atoms with Gasteiger partial charge < -0.3 is 4.74 Å². The number of carbonyl (C=O) groups is 1. The molecule has 11 heteroatoms. The standard InChI is InChI=1S/C11H6Br4ClF2IO2S/c12-4-3-5(16)9(22-11(17,18)10(14)15)7(19)8(4)21-2-1-6(13)20/h3,10H,1-2H2. The lowest BCUT2D eigenvalue weighted by Gasteiger charge is -2.20. The summed E-state index contributed by atoms with van der Waals surface area (Å²) in [6.45, 7) is 0.125. The lowest BCUT2D eigenvalue weighted by atomic mass is 10.3. The first-order valence-electron chi connectivity index (χ1n) is 5.40. The molecule has 1 rings (SSSR count). The van der Waals surface area contributed by atoms with Gasteiger partial charge in [0, 0.05) is 4.90 Å². The van der Waals surface area contributed by atoms with Crippen LogP contribution in [0.3, 0.4) is 0 Å². The van der Waals surface area contributed by atoms with Crippen LogP contribution in [-0.4, -0.2) is 20.3 Å². The van der Waals surface area contributed by atoms with E-state index >= 15 is 0 Å². The molecule has 0 aliphatic heterocycles. The maximum atomic E-state index is 13.9. The molecule has 0 saturated carbocycles. The highest BCUT2D eigenvalue weighted by Crippen LogP contribution is 2.50. The van der Waals surface area contributed by atoms with Crippen molar-refractivity contribution in [3.8, 4) is 5.75 Å². The van der Waals surface area contributed by atoms with Gasteiger partial charge in [-0.15, -0.1) is 0 Å². The molecule has 0 heterocycles. The summed E-state index contributed by atoms with van der Waals surface area (Å²) in [5.74, 6) is 0.373. The lowest BCUT2D eigenvalue weighted by molar-refractivity contribution is -0.110. The van der Waals surface area contributed by atoms with E-state index in [2.05, 4.69) is 63.7 Å². The Morgan fingerprint density at radius 1 is 1.50 bits per heavy atom. The van der Waals surface area contributed by atoms with Crippen LogP contribution in [0, 0.1) is 3.57 Å². The number of rotatable bonds is 7. The third kappa shape index (κ3) is 6.29. The predicted molar refractivity (Wildman–Crippen MR) is 108 cm³/mol. The summed E-state index contributed by atoms with van der Waals surface area (Å²) in [7, 11) is 0. The van der Waals surface area contributed by atoms with Crippen LogP contribution in [0.4, 0.5) is 8.78 Å². The van der Waals surface area contributed by atoms with Gasteiger partial charge in [-0.05, 0) is 72.3 Å². The molecule has 1 aromatic rings. The molecule has 0 radical (unpaired) electrons. The molecule has 124 valence electrons. The van der Waals surface area contributed by atoms with E-state index in [0.717, 1.165) is 0 Å². The van der Waals surface area contributed by atoms with Crippen LogP contribution in [-0.2, 0) is 4.79 Å². The van der Waals surface area contributed by atoms with Gasteiger partial charge in [-0.3, -0.25) is 4.79 Å². The SMILES string of the molecule is O=C(Br)CCOc1c(Br)cc(Cl)c(SC(F)(F)C(Br)Br)c1I. The van der Waals surface area contributed by atoms with Crippen molar-refractivity contribution in [1.29, 1.82) is 0 Å². The van der Waals surface area contributed by atoms with Gasteiger partial charge >= 0.3 is 5.25 Å². The normalized spacial score (nSPS) is 11.9. The summed E-state index contributed by atoms with van der Waals surface area (Å²) in [5.41, 5.74) is 0. The number of thioether (sulfide) groups is 1. The molecule has 22 heavy (non-hydrogen) atoms. The van der Waals surface area contributed by atoms with E-state index in [1.165, 1.54) is 6.07 Å². The minimum atomic E-state index is -3.11. The second-order valence-electron chi connectivity index (χ2n) is 3.73. The van der Waals surface area contributed by atoms with E-state index in [1.54, 1.807) is 0 Å². The Labute approximate surface area is 182 Å². The topological polar surface area (TPSA) is 26.3 Å². The minimum absolute atomic E-state index is 0.125. The zero-order valence-electron chi connectivity index (χ0n) is 10.3. The van der Waals surface area contributed by atoms with Crippen molar-refractivity contribution in [1.82, 2.24) is 0 Å². The summed E-state index contributed by atoms with van der Waals surface area (Å²) in [5, 5.41) is -2.92. The molecule has 0 fully saturated rings. The summed E-state index contributed by atoms with van der Waals surface area (Å²) >= 11 is 20.0. The number of ether oxygens (including phenoxy) is 1. The number of alkyl halides is 4. The van der Waals surface area contributed by atoms with Gasteiger partial charge in [0.15, 0.2) is 0 Å². The molecular formula is C11H6Br4ClF2IO2S. The van der Waals surface area contributed by atoms with Gasteiger partial charge in [-0.2, -0.15) is 8.78 Å². The number of halogens is 8. The van der Waals surface area contributed by atoms with Crippen LogP contribution in [0.2, 0.25) is 5.02 Å². The van der Waals surface area contributed by atoms with Crippen LogP contribution in [0.5, 0.6) is 5.75 Å². The van der Waals surface area contributed by atoms with Crippen LogP contribution < -0.4 is 4.74 Å². The molecule has 0 amide bonds. The molecular weight excluding hydrogens is 716 g/mol. The fourth-order valence-electron chi connectivity index (χ4n) is 1.19. The Morgan fingerprint density at radius 3 is 2.59 bits per heavy atom. The molecule has 0 aliphatic carbocycles. The van der Waals surface area contributed by atoms with Gasteiger partial charge in [0.25, 0.3) is 0 Å². The first kappa shape index (κ1) is 21.9. The predicted octanol–water partition coefficient (Wildman–Crippen LogP) is 7.20. The Morgan fingerprint density at radius 2 is 2.09 bits per heavy atom.